The van der Waals surface area contributed by atoms with Crippen molar-refractivity contribution in [3.8, 4) is 0 Å². The van der Waals surface area contributed by atoms with Crippen LogP contribution in [0.15, 0.2) is 42.7 Å². The SMILES string of the molecule is Cc1ccc2cccc(NC(=O)c3cncc(Cl)n3)c2n1. The molecular weight excluding hydrogens is 288 g/mol. The summed E-state index contributed by atoms with van der Waals surface area (Å²) < 4.78 is 0. The Hall–Kier alpha value is -2.53. The summed E-state index contributed by atoms with van der Waals surface area (Å²) in [6.07, 6.45) is 2.74. The highest BCUT2D eigenvalue weighted by molar-refractivity contribution is 6.29. The number of para-hydroxylation sites is 1. The van der Waals surface area contributed by atoms with Gasteiger partial charge < -0.3 is 5.32 Å². The van der Waals surface area contributed by atoms with E-state index >= 15 is 0 Å². The molecule has 5 nitrogen and oxygen atoms in total. The maximum absolute atomic E-state index is 12.2. The summed E-state index contributed by atoms with van der Waals surface area (Å²) in [5.41, 5.74) is 2.41. The van der Waals surface area contributed by atoms with E-state index in [0.29, 0.717) is 5.69 Å². The number of carbonyl (C=O) groups is 1. The molecule has 1 aromatic carbocycles. The average molecular weight is 299 g/mol. The fraction of sp³-hybridized carbons (Fsp3) is 0.0667. The Morgan fingerprint density at radius 3 is 2.81 bits per heavy atom. The minimum absolute atomic E-state index is 0.159. The van der Waals surface area contributed by atoms with Crippen molar-refractivity contribution < 1.29 is 4.79 Å². The van der Waals surface area contributed by atoms with Gasteiger partial charge in [-0.1, -0.05) is 29.8 Å². The van der Waals surface area contributed by atoms with Crippen molar-refractivity contribution in [2.24, 2.45) is 0 Å². The number of amides is 1. The van der Waals surface area contributed by atoms with Crippen LogP contribution < -0.4 is 5.32 Å². The van der Waals surface area contributed by atoms with Gasteiger partial charge in [-0.25, -0.2) is 4.98 Å². The van der Waals surface area contributed by atoms with E-state index in [2.05, 4.69) is 20.3 Å². The lowest BCUT2D eigenvalue weighted by molar-refractivity contribution is 0.102. The minimum atomic E-state index is -0.374. The third kappa shape index (κ3) is 2.83. The summed E-state index contributed by atoms with van der Waals surface area (Å²) in [6, 6.07) is 9.49. The number of hydrogen-bond acceptors (Lipinski definition) is 4. The van der Waals surface area contributed by atoms with Gasteiger partial charge in [-0.05, 0) is 19.1 Å². The van der Waals surface area contributed by atoms with E-state index in [9.17, 15) is 4.79 Å². The largest absolute Gasteiger partial charge is 0.319 e. The van der Waals surface area contributed by atoms with Gasteiger partial charge in [0.25, 0.3) is 5.91 Å². The molecule has 0 bridgehead atoms. The van der Waals surface area contributed by atoms with Gasteiger partial charge in [0.2, 0.25) is 0 Å². The van der Waals surface area contributed by atoms with Crippen molar-refractivity contribution in [1.29, 1.82) is 0 Å². The van der Waals surface area contributed by atoms with Crippen LogP contribution in [-0.4, -0.2) is 20.9 Å². The van der Waals surface area contributed by atoms with Crippen LogP contribution in [0, 0.1) is 6.92 Å². The Bertz CT molecular complexity index is 835. The van der Waals surface area contributed by atoms with Crippen molar-refractivity contribution in [1.82, 2.24) is 15.0 Å². The standard InChI is InChI=1S/C15H11ClN4O/c1-9-5-6-10-3-2-4-11(14(10)18-9)20-15(21)12-7-17-8-13(16)19-12/h2-8H,1H3,(H,20,21). The summed E-state index contributed by atoms with van der Waals surface area (Å²) in [7, 11) is 0. The Kier molecular flexibility index (Phi) is 3.50. The Balaban J connectivity index is 1.98. The molecule has 0 spiro atoms. The molecule has 21 heavy (non-hydrogen) atoms. The fourth-order valence-electron chi connectivity index (χ4n) is 1.98. The smallest absolute Gasteiger partial charge is 0.275 e. The van der Waals surface area contributed by atoms with E-state index in [4.69, 9.17) is 11.6 Å². The number of hydrogen-bond donors (Lipinski definition) is 1. The molecule has 2 heterocycles. The van der Waals surface area contributed by atoms with Gasteiger partial charge in [-0.3, -0.25) is 14.8 Å². The van der Waals surface area contributed by atoms with E-state index < -0.39 is 0 Å². The Morgan fingerprint density at radius 2 is 2.00 bits per heavy atom. The first-order chi connectivity index (χ1) is 10.1. The van der Waals surface area contributed by atoms with Gasteiger partial charge in [0.15, 0.2) is 0 Å². The van der Waals surface area contributed by atoms with Crippen molar-refractivity contribution in [2.75, 3.05) is 5.32 Å². The number of nitrogens with one attached hydrogen (secondary N) is 1. The van der Waals surface area contributed by atoms with E-state index in [1.807, 2.05) is 31.2 Å². The second kappa shape index (κ2) is 5.46. The predicted octanol–water partition coefficient (Wildman–Crippen LogP) is 3.24. The van der Waals surface area contributed by atoms with Crippen LogP contribution in [0.3, 0.4) is 0 Å². The molecule has 0 aliphatic rings. The van der Waals surface area contributed by atoms with E-state index in [0.717, 1.165) is 16.6 Å². The van der Waals surface area contributed by atoms with E-state index in [1.54, 1.807) is 6.07 Å². The van der Waals surface area contributed by atoms with Gasteiger partial charge in [-0.15, -0.1) is 0 Å². The van der Waals surface area contributed by atoms with Crippen LogP contribution in [0.25, 0.3) is 10.9 Å². The van der Waals surface area contributed by atoms with E-state index in [1.165, 1.54) is 12.4 Å². The molecule has 0 radical (unpaired) electrons. The third-order valence-corrected chi connectivity index (χ3v) is 3.13. The van der Waals surface area contributed by atoms with Crippen LogP contribution in [0.5, 0.6) is 0 Å². The molecular formula is C15H11ClN4O. The lowest BCUT2D eigenvalue weighted by atomic mass is 10.1. The first kappa shape index (κ1) is 13.5. The number of benzene rings is 1. The maximum Gasteiger partial charge on any atom is 0.275 e. The summed E-state index contributed by atoms with van der Waals surface area (Å²) >= 11 is 5.74. The zero-order valence-electron chi connectivity index (χ0n) is 11.2. The number of carbonyl (C=O) groups excluding carboxylic acids is 1. The highest BCUT2D eigenvalue weighted by atomic mass is 35.5. The molecule has 0 fully saturated rings. The molecule has 0 aliphatic heterocycles. The number of aromatic nitrogens is 3. The number of halogens is 1. The first-order valence-corrected chi connectivity index (χ1v) is 6.66. The van der Waals surface area contributed by atoms with Crippen molar-refractivity contribution in [2.45, 2.75) is 6.92 Å². The normalized spacial score (nSPS) is 10.6. The number of aryl methyl sites for hydroxylation is 1. The van der Waals surface area contributed by atoms with Crippen LogP contribution in [0.4, 0.5) is 5.69 Å². The highest BCUT2D eigenvalue weighted by Gasteiger charge is 2.11. The first-order valence-electron chi connectivity index (χ1n) is 6.29. The zero-order valence-corrected chi connectivity index (χ0v) is 11.9. The summed E-state index contributed by atoms with van der Waals surface area (Å²) in [6.45, 7) is 1.90. The topological polar surface area (TPSA) is 67.8 Å². The number of fused-ring (bicyclic) bond motifs is 1. The predicted molar refractivity (Wildman–Crippen MR) is 81.5 cm³/mol. The molecule has 6 heteroatoms. The number of anilines is 1. The quantitative estimate of drug-likeness (QED) is 0.788. The number of pyridine rings is 1. The van der Waals surface area contributed by atoms with Gasteiger partial charge >= 0.3 is 0 Å². The second-order valence-corrected chi connectivity index (χ2v) is 4.90. The van der Waals surface area contributed by atoms with Gasteiger partial charge in [-0.2, -0.15) is 0 Å². The minimum Gasteiger partial charge on any atom is -0.319 e. The summed E-state index contributed by atoms with van der Waals surface area (Å²) in [5, 5.41) is 3.92. The number of nitrogens with zero attached hydrogens (tertiary/aromatic N) is 3. The van der Waals surface area contributed by atoms with Crippen LogP contribution in [-0.2, 0) is 0 Å². The average Bonchev–Trinajstić information content (AvgIpc) is 2.48. The van der Waals surface area contributed by atoms with Crippen LogP contribution >= 0.6 is 11.6 Å². The monoisotopic (exact) mass is 298 g/mol. The molecule has 1 amide bonds. The molecule has 2 aromatic heterocycles. The molecule has 0 aliphatic carbocycles. The molecule has 1 N–H and O–H groups in total. The van der Waals surface area contributed by atoms with Crippen molar-refractivity contribution in [3.05, 3.63) is 59.3 Å². The van der Waals surface area contributed by atoms with Crippen LogP contribution in [0.2, 0.25) is 5.15 Å². The van der Waals surface area contributed by atoms with Gasteiger partial charge in [0, 0.05) is 11.1 Å². The zero-order chi connectivity index (χ0) is 14.8. The van der Waals surface area contributed by atoms with Crippen molar-refractivity contribution in [3.63, 3.8) is 0 Å². The highest BCUT2D eigenvalue weighted by Crippen LogP contribution is 2.22. The van der Waals surface area contributed by atoms with Gasteiger partial charge in [0.05, 0.1) is 23.6 Å². The Morgan fingerprint density at radius 1 is 1.14 bits per heavy atom. The Labute approximate surface area is 126 Å². The molecule has 0 unspecified atom stereocenters. The fourth-order valence-corrected chi connectivity index (χ4v) is 2.13. The summed E-state index contributed by atoms with van der Waals surface area (Å²) in [5.74, 6) is -0.374. The third-order valence-electron chi connectivity index (χ3n) is 2.95. The van der Waals surface area contributed by atoms with Crippen molar-refractivity contribution >= 4 is 34.1 Å². The van der Waals surface area contributed by atoms with Crippen LogP contribution in [0.1, 0.15) is 16.2 Å². The molecule has 3 rings (SSSR count). The molecule has 0 atom stereocenters. The lowest BCUT2D eigenvalue weighted by Crippen LogP contribution is -2.14. The molecule has 0 saturated heterocycles. The second-order valence-electron chi connectivity index (χ2n) is 4.51. The molecule has 0 saturated carbocycles. The van der Waals surface area contributed by atoms with Gasteiger partial charge in [0.1, 0.15) is 10.8 Å². The molecule has 104 valence electrons. The van der Waals surface area contributed by atoms with E-state index in [-0.39, 0.29) is 16.8 Å². The number of rotatable bonds is 2. The summed E-state index contributed by atoms with van der Waals surface area (Å²) in [4.78, 5) is 24.4. The molecule has 3 aromatic rings. The lowest BCUT2D eigenvalue weighted by Gasteiger charge is -2.08. The maximum atomic E-state index is 12.2.